The van der Waals surface area contributed by atoms with Crippen molar-refractivity contribution in [3.05, 3.63) is 29.6 Å². The first-order valence-electron chi connectivity index (χ1n) is 6.04. The zero-order valence-corrected chi connectivity index (χ0v) is 10.0. The molecule has 1 aromatic heterocycles. The molecule has 0 amide bonds. The van der Waals surface area contributed by atoms with Gasteiger partial charge in [0.15, 0.2) is 0 Å². The molecule has 1 aliphatic rings. The van der Waals surface area contributed by atoms with Gasteiger partial charge in [-0.05, 0) is 43.7 Å². The van der Waals surface area contributed by atoms with Crippen LogP contribution >= 0.6 is 0 Å². The predicted molar refractivity (Wildman–Crippen MR) is 66.1 cm³/mol. The van der Waals surface area contributed by atoms with Crippen molar-refractivity contribution in [1.29, 1.82) is 0 Å². The fraction of sp³-hybridized carbons (Fsp3) is 0.429. The standard InChI is InChI=1S/C14H15NO3/c16-13(17)11-5-9-15-12(10-11)4-8-14(18)6-2-1-3-7-14/h5,9-10,18H,1-3,6-7H2,(H,16,17). The lowest BCUT2D eigenvalue weighted by molar-refractivity contribution is 0.0610. The summed E-state index contributed by atoms with van der Waals surface area (Å²) in [6.07, 6.45) is 5.87. The van der Waals surface area contributed by atoms with Gasteiger partial charge in [0.2, 0.25) is 0 Å². The highest BCUT2D eigenvalue weighted by molar-refractivity contribution is 5.87. The van der Waals surface area contributed by atoms with Crippen molar-refractivity contribution in [2.75, 3.05) is 0 Å². The molecule has 0 unspecified atom stereocenters. The van der Waals surface area contributed by atoms with E-state index in [1.807, 2.05) is 0 Å². The van der Waals surface area contributed by atoms with E-state index in [9.17, 15) is 9.90 Å². The molecular weight excluding hydrogens is 230 g/mol. The Balaban J connectivity index is 2.18. The number of carbonyl (C=O) groups is 1. The van der Waals surface area contributed by atoms with E-state index in [1.165, 1.54) is 18.3 Å². The van der Waals surface area contributed by atoms with Gasteiger partial charge in [0.25, 0.3) is 0 Å². The van der Waals surface area contributed by atoms with Crippen LogP contribution in [-0.4, -0.2) is 26.8 Å². The monoisotopic (exact) mass is 245 g/mol. The van der Waals surface area contributed by atoms with Crippen LogP contribution < -0.4 is 0 Å². The van der Waals surface area contributed by atoms with Crippen LogP contribution in [0.1, 0.15) is 48.2 Å². The molecule has 0 aliphatic heterocycles. The Kier molecular flexibility index (Phi) is 3.63. The smallest absolute Gasteiger partial charge is 0.335 e. The quantitative estimate of drug-likeness (QED) is 0.740. The topological polar surface area (TPSA) is 70.4 Å². The molecule has 1 heterocycles. The molecule has 94 valence electrons. The number of aliphatic hydroxyl groups is 1. The molecule has 1 aromatic rings. The summed E-state index contributed by atoms with van der Waals surface area (Å²) in [4.78, 5) is 14.8. The molecule has 4 nitrogen and oxygen atoms in total. The summed E-state index contributed by atoms with van der Waals surface area (Å²) in [7, 11) is 0. The first kappa shape index (κ1) is 12.6. The first-order valence-corrected chi connectivity index (χ1v) is 6.04. The van der Waals surface area contributed by atoms with Crippen molar-refractivity contribution in [1.82, 2.24) is 4.98 Å². The number of nitrogens with zero attached hydrogens (tertiary/aromatic N) is 1. The zero-order chi connectivity index (χ0) is 13.0. The van der Waals surface area contributed by atoms with E-state index >= 15 is 0 Å². The summed E-state index contributed by atoms with van der Waals surface area (Å²) in [6.45, 7) is 0. The van der Waals surface area contributed by atoms with Gasteiger partial charge in [0.05, 0.1) is 5.56 Å². The molecule has 2 rings (SSSR count). The third kappa shape index (κ3) is 3.08. The van der Waals surface area contributed by atoms with E-state index in [1.54, 1.807) is 0 Å². The highest BCUT2D eigenvalue weighted by atomic mass is 16.4. The average Bonchev–Trinajstić information content (AvgIpc) is 2.38. The van der Waals surface area contributed by atoms with Crippen LogP contribution in [0, 0.1) is 11.8 Å². The second-order valence-corrected chi connectivity index (χ2v) is 4.58. The lowest BCUT2D eigenvalue weighted by Crippen LogP contribution is -2.29. The summed E-state index contributed by atoms with van der Waals surface area (Å²) in [5.41, 5.74) is -0.391. The molecule has 1 fully saturated rings. The van der Waals surface area contributed by atoms with Gasteiger partial charge in [-0.2, -0.15) is 0 Å². The van der Waals surface area contributed by atoms with Gasteiger partial charge in [-0.1, -0.05) is 12.3 Å². The van der Waals surface area contributed by atoms with E-state index in [0.29, 0.717) is 18.5 Å². The Bertz CT molecular complexity index is 507. The number of rotatable bonds is 1. The fourth-order valence-corrected chi connectivity index (χ4v) is 2.07. The molecule has 18 heavy (non-hydrogen) atoms. The number of carboxylic acid groups (broad SMARTS) is 1. The maximum Gasteiger partial charge on any atom is 0.335 e. The van der Waals surface area contributed by atoms with Crippen LogP contribution in [-0.2, 0) is 0 Å². The summed E-state index contributed by atoms with van der Waals surface area (Å²) in [5, 5.41) is 19.0. The van der Waals surface area contributed by atoms with Gasteiger partial charge < -0.3 is 10.2 Å². The first-order chi connectivity index (χ1) is 8.59. The molecular formula is C14H15NO3. The van der Waals surface area contributed by atoms with Crippen molar-refractivity contribution < 1.29 is 15.0 Å². The summed E-state index contributed by atoms with van der Waals surface area (Å²) < 4.78 is 0. The van der Waals surface area contributed by atoms with Gasteiger partial charge >= 0.3 is 5.97 Å². The molecule has 1 aliphatic carbocycles. The molecule has 0 spiro atoms. The Morgan fingerprint density at radius 3 is 2.72 bits per heavy atom. The number of pyridine rings is 1. The number of hydrogen-bond donors (Lipinski definition) is 2. The van der Waals surface area contributed by atoms with Crippen molar-refractivity contribution in [3.8, 4) is 11.8 Å². The number of aromatic nitrogens is 1. The molecule has 1 saturated carbocycles. The number of carboxylic acids is 1. The maximum absolute atomic E-state index is 10.8. The van der Waals surface area contributed by atoms with Gasteiger partial charge in [-0.25, -0.2) is 9.78 Å². The summed E-state index contributed by atoms with van der Waals surface area (Å²) in [5.74, 6) is 4.60. The van der Waals surface area contributed by atoms with Gasteiger partial charge in [-0.15, -0.1) is 0 Å². The molecule has 4 heteroatoms. The lowest BCUT2D eigenvalue weighted by Gasteiger charge is -2.26. The highest BCUT2D eigenvalue weighted by Gasteiger charge is 2.26. The number of aromatic carboxylic acids is 1. The fourth-order valence-electron chi connectivity index (χ4n) is 2.07. The molecule has 0 atom stereocenters. The Hall–Kier alpha value is -1.86. The van der Waals surface area contributed by atoms with Crippen LogP contribution in [0.15, 0.2) is 18.3 Å². The van der Waals surface area contributed by atoms with E-state index in [-0.39, 0.29) is 5.56 Å². The second kappa shape index (κ2) is 5.19. The van der Waals surface area contributed by atoms with Crippen molar-refractivity contribution in [2.45, 2.75) is 37.7 Å². The third-order valence-corrected chi connectivity index (χ3v) is 3.11. The molecule has 0 bridgehead atoms. The van der Waals surface area contributed by atoms with Crippen molar-refractivity contribution in [2.24, 2.45) is 0 Å². The Morgan fingerprint density at radius 2 is 2.06 bits per heavy atom. The zero-order valence-electron chi connectivity index (χ0n) is 10.0. The minimum absolute atomic E-state index is 0.157. The van der Waals surface area contributed by atoms with Crippen LogP contribution in [0.3, 0.4) is 0 Å². The molecule has 0 radical (unpaired) electrons. The largest absolute Gasteiger partial charge is 0.478 e. The van der Waals surface area contributed by atoms with Gasteiger partial charge in [0, 0.05) is 6.20 Å². The van der Waals surface area contributed by atoms with E-state index in [2.05, 4.69) is 16.8 Å². The SMILES string of the molecule is O=C(O)c1ccnc(C#CC2(O)CCCCC2)c1. The van der Waals surface area contributed by atoms with Crippen LogP contribution in [0.25, 0.3) is 0 Å². The Labute approximate surface area is 106 Å². The maximum atomic E-state index is 10.8. The van der Waals surface area contributed by atoms with Crippen LogP contribution in [0.2, 0.25) is 0 Å². The molecule has 2 N–H and O–H groups in total. The van der Waals surface area contributed by atoms with E-state index in [4.69, 9.17) is 5.11 Å². The highest BCUT2D eigenvalue weighted by Crippen LogP contribution is 2.27. The Morgan fingerprint density at radius 1 is 1.33 bits per heavy atom. The number of hydrogen-bond acceptors (Lipinski definition) is 3. The van der Waals surface area contributed by atoms with Crippen LogP contribution in [0.4, 0.5) is 0 Å². The van der Waals surface area contributed by atoms with Crippen LogP contribution in [0.5, 0.6) is 0 Å². The average molecular weight is 245 g/mol. The molecule has 0 aromatic carbocycles. The summed E-state index contributed by atoms with van der Waals surface area (Å²) >= 11 is 0. The normalized spacial score (nSPS) is 17.6. The van der Waals surface area contributed by atoms with E-state index in [0.717, 1.165) is 19.3 Å². The van der Waals surface area contributed by atoms with Gasteiger partial charge in [0.1, 0.15) is 11.3 Å². The lowest BCUT2D eigenvalue weighted by atomic mass is 9.85. The van der Waals surface area contributed by atoms with Crippen molar-refractivity contribution >= 4 is 5.97 Å². The minimum atomic E-state index is -1.00. The predicted octanol–water partition coefficient (Wildman–Crippen LogP) is 1.83. The second-order valence-electron chi connectivity index (χ2n) is 4.58. The minimum Gasteiger partial charge on any atom is -0.478 e. The van der Waals surface area contributed by atoms with E-state index < -0.39 is 11.6 Å². The van der Waals surface area contributed by atoms with Crippen molar-refractivity contribution in [3.63, 3.8) is 0 Å². The summed E-state index contributed by atoms with van der Waals surface area (Å²) in [6, 6.07) is 2.84. The van der Waals surface area contributed by atoms with Gasteiger partial charge in [-0.3, -0.25) is 0 Å². The third-order valence-electron chi connectivity index (χ3n) is 3.11. The molecule has 0 saturated heterocycles.